The quantitative estimate of drug-likeness (QED) is 0.619. The number of nitro groups is 1. The maximum absolute atomic E-state index is 12.6. The third kappa shape index (κ3) is 3.51. The van der Waals surface area contributed by atoms with Crippen molar-refractivity contribution < 1.29 is 9.72 Å². The van der Waals surface area contributed by atoms with Crippen molar-refractivity contribution in [3.8, 4) is 0 Å². The summed E-state index contributed by atoms with van der Waals surface area (Å²) < 4.78 is 0. The molecule has 1 fully saturated rings. The van der Waals surface area contributed by atoms with Gasteiger partial charge in [-0.1, -0.05) is 6.92 Å². The van der Waals surface area contributed by atoms with E-state index in [1.165, 1.54) is 6.07 Å². The maximum Gasteiger partial charge on any atom is 0.282 e. The molecule has 1 saturated carbocycles. The second-order valence-electron chi connectivity index (χ2n) is 5.24. The minimum Gasteiger partial charge on any atom is -0.385 e. The highest BCUT2D eigenvalue weighted by atomic mass is 16.6. The zero-order chi connectivity index (χ0) is 15.4. The molecule has 0 spiro atoms. The summed E-state index contributed by atoms with van der Waals surface area (Å²) in [5.74, 6) is -0.244. The van der Waals surface area contributed by atoms with Crippen LogP contribution in [0.2, 0.25) is 0 Å². The molecule has 0 heterocycles. The first-order valence-electron chi connectivity index (χ1n) is 7.41. The molecule has 6 nitrogen and oxygen atoms in total. The highest BCUT2D eigenvalue weighted by molar-refractivity contribution is 5.99. The molecule has 1 aliphatic rings. The standard InChI is InChI=1S/C15H21N3O3/c1-3-9-16-11-5-8-14(18(20)21)13(10-11)15(19)17(4-2)12-6-7-12/h5,8,10,12,16H,3-4,6-7,9H2,1-2H3. The molecule has 1 aliphatic carbocycles. The molecule has 21 heavy (non-hydrogen) atoms. The van der Waals surface area contributed by atoms with E-state index >= 15 is 0 Å². The number of anilines is 1. The fourth-order valence-corrected chi connectivity index (χ4v) is 2.35. The average Bonchev–Trinajstić information content (AvgIpc) is 3.30. The third-order valence-corrected chi connectivity index (χ3v) is 3.59. The molecule has 0 aromatic heterocycles. The summed E-state index contributed by atoms with van der Waals surface area (Å²) in [7, 11) is 0. The van der Waals surface area contributed by atoms with Crippen LogP contribution in [0.15, 0.2) is 18.2 Å². The van der Waals surface area contributed by atoms with E-state index in [1.807, 2.05) is 13.8 Å². The van der Waals surface area contributed by atoms with E-state index in [4.69, 9.17) is 0 Å². The summed E-state index contributed by atoms with van der Waals surface area (Å²) in [4.78, 5) is 25.0. The predicted octanol–water partition coefficient (Wildman–Crippen LogP) is 3.04. The van der Waals surface area contributed by atoms with E-state index in [2.05, 4.69) is 5.32 Å². The summed E-state index contributed by atoms with van der Waals surface area (Å²) in [6.45, 7) is 5.29. The van der Waals surface area contributed by atoms with Gasteiger partial charge in [0.15, 0.2) is 0 Å². The van der Waals surface area contributed by atoms with Crippen LogP contribution < -0.4 is 5.32 Å². The Bertz CT molecular complexity index is 541. The first-order valence-corrected chi connectivity index (χ1v) is 7.41. The number of rotatable bonds is 7. The van der Waals surface area contributed by atoms with E-state index < -0.39 is 4.92 Å². The zero-order valence-electron chi connectivity index (χ0n) is 12.5. The van der Waals surface area contributed by atoms with Crippen molar-refractivity contribution in [1.82, 2.24) is 4.90 Å². The minimum absolute atomic E-state index is 0.124. The van der Waals surface area contributed by atoms with Gasteiger partial charge in [-0.25, -0.2) is 0 Å². The molecule has 1 aromatic carbocycles. The first kappa shape index (κ1) is 15.3. The van der Waals surface area contributed by atoms with E-state index in [9.17, 15) is 14.9 Å². The van der Waals surface area contributed by atoms with E-state index in [0.29, 0.717) is 6.54 Å². The second kappa shape index (κ2) is 6.56. The monoisotopic (exact) mass is 291 g/mol. The summed E-state index contributed by atoms with van der Waals surface area (Å²) in [5.41, 5.74) is 0.800. The lowest BCUT2D eigenvalue weighted by Crippen LogP contribution is -2.33. The molecule has 0 unspecified atom stereocenters. The van der Waals surface area contributed by atoms with Gasteiger partial charge in [0.1, 0.15) is 5.56 Å². The fourth-order valence-electron chi connectivity index (χ4n) is 2.35. The third-order valence-electron chi connectivity index (χ3n) is 3.59. The summed E-state index contributed by atoms with van der Waals surface area (Å²) in [6, 6.07) is 4.90. The SMILES string of the molecule is CCCNc1ccc([N+](=O)[O-])c(C(=O)N(CC)C2CC2)c1. The van der Waals surface area contributed by atoms with Crippen LogP contribution in [-0.4, -0.2) is 34.9 Å². The highest BCUT2D eigenvalue weighted by Gasteiger charge is 2.34. The number of nitrogens with one attached hydrogen (secondary N) is 1. The number of nitrogens with zero attached hydrogens (tertiary/aromatic N) is 2. The topological polar surface area (TPSA) is 75.5 Å². The first-order chi connectivity index (χ1) is 10.1. The van der Waals surface area contributed by atoms with E-state index in [1.54, 1.807) is 17.0 Å². The van der Waals surface area contributed by atoms with Crippen LogP contribution in [0, 0.1) is 10.1 Å². The molecule has 0 saturated heterocycles. The summed E-state index contributed by atoms with van der Waals surface area (Å²) in [5, 5.41) is 14.3. The lowest BCUT2D eigenvalue weighted by atomic mass is 10.1. The Kier molecular flexibility index (Phi) is 4.77. The van der Waals surface area contributed by atoms with Crippen LogP contribution in [0.3, 0.4) is 0 Å². The van der Waals surface area contributed by atoms with Crippen molar-refractivity contribution >= 4 is 17.3 Å². The fraction of sp³-hybridized carbons (Fsp3) is 0.533. The number of benzene rings is 1. The summed E-state index contributed by atoms with van der Waals surface area (Å²) >= 11 is 0. The van der Waals surface area contributed by atoms with Crippen molar-refractivity contribution in [2.24, 2.45) is 0 Å². The molecule has 2 rings (SSSR count). The van der Waals surface area contributed by atoms with Gasteiger partial charge in [-0.3, -0.25) is 14.9 Å². The van der Waals surface area contributed by atoms with Crippen LogP contribution >= 0.6 is 0 Å². The number of hydrogen-bond acceptors (Lipinski definition) is 4. The largest absolute Gasteiger partial charge is 0.385 e. The van der Waals surface area contributed by atoms with Crippen LogP contribution in [-0.2, 0) is 0 Å². The molecule has 0 atom stereocenters. The van der Waals surface area contributed by atoms with Gasteiger partial charge in [0, 0.05) is 30.9 Å². The molecule has 1 amide bonds. The lowest BCUT2D eigenvalue weighted by molar-refractivity contribution is -0.385. The van der Waals surface area contributed by atoms with Crippen molar-refractivity contribution in [2.75, 3.05) is 18.4 Å². The number of hydrogen-bond donors (Lipinski definition) is 1. The normalized spacial score (nSPS) is 13.8. The van der Waals surface area contributed by atoms with Gasteiger partial charge in [0.25, 0.3) is 11.6 Å². The van der Waals surface area contributed by atoms with Crippen molar-refractivity contribution in [3.05, 3.63) is 33.9 Å². The van der Waals surface area contributed by atoms with Crippen molar-refractivity contribution in [2.45, 2.75) is 39.2 Å². The van der Waals surface area contributed by atoms with E-state index in [0.717, 1.165) is 31.5 Å². The molecule has 114 valence electrons. The van der Waals surface area contributed by atoms with Gasteiger partial charge in [-0.2, -0.15) is 0 Å². The highest BCUT2D eigenvalue weighted by Crippen LogP contribution is 2.31. The number of amides is 1. The number of carbonyl (C=O) groups excluding carboxylic acids is 1. The zero-order valence-corrected chi connectivity index (χ0v) is 12.5. The van der Waals surface area contributed by atoms with E-state index in [-0.39, 0.29) is 23.2 Å². The Balaban J connectivity index is 2.32. The number of carbonyl (C=O) groups is 1. The van der Waals surface area contributed by atoms with Crippen LogP contribution in [0.5, 0.6) is 0 Å². The summed E-state index contributed by atoms with van der Waals surface area (Å²) in [6.07, 6.45) is 2.92. The maximum atomic E-state index is 12.6. The minimum atomic E-state index is -0.489. The van der Waals surface area contributed by atoms with Gasteiger partial charge in [0.2, 0.25) is 0 Å². The van der Waals surface area contributed by atoms with Gasteiger partial charge in [0.05, 0.1) is 4.92 Å². The second-order valence-corrected chi connectivity index (χ2v) is 5.24. The molecule has 1 N–H and O–H groups in total. The predicted molar refractivity (Wildman–Crippen MR) is 81.6 cm³/mol. The smallest absolute Gasteiger partial charge is 0.282 e. The Morgan fingerprint density at radius 3 is 2.67 bits per heavy atom. The van der Waals surface area contributed by atoms with Gasteiger partial charge in [-0.05, 0) is 38.3 Å². The van der Waals surface area contributed by atoms with Gasteiger partial charge < -0.3 is 10.2 Å². The van der Waals surface area contributed by atoms with Crippen LogP contribution in [0.4, 0.5) is 11.4 Å². The lowest BCUT2D eigenvalue weighted by Gasteiger charge is -2.20. The molecular weight excluding hydrogens is 270 g/mol. The van der Waals surface area contributed by atoms with Gasteiger partial charge in [-0.15, -0.1) is 0 Å². The van der Waals surface area contributed by atoms with Crippen molar-refractivity contribution in [3.63, 3.8) is 0 Å². The van der Waals surface area contributed by atoms with Crippen LogP contribution in [0.1, 0.15) is 43.5 Å². The van der Waals surface area contributed by atoms with Gasteiger partial charge >= 0.3 is 0 Å². The average molecular weight is 291 g/mol. The molecule has 6 heteroatoms. The molecular formula is C15H21N3O3. The molecule has 1 aromatic rings. The molecule has 0 radical (unpaired) electrons. The Hall–Kier alpha value is -2.11. The van der Waals surface area contributed by atoms with Crippen molar-refractivity contribution in [1.29, 1.82) is 0 Å². The van der Waals surface area contributed by atoms with Crippen LogP contribution in [0.25, 0.3) is 0 Å². The molecule has 0 aliphatic heterocycles. The Labute approximate surface area is 124 Å². The molecule has 0 bridgehead atoms. The number of nitro benzene ring substituents is 1. The Morgan fingerprint density at radius 2 is 2.14 bits per heavy atom. The Morgan fingerprint density at radius 1 is 1.43 bits per heavy atom.